The van der Waals surface area contributed by atoms with E-state index in [1.54, 1.807) is 19.9 Å². The van der Waals surface area contributed by atoms with E-state index in [4.69, 9.17) is 0 Å². The van der Waals surface area contributed by atoms with Gasteiger partial charge < -0.3 is 5.11 Å². The Hall–Kier alpha value is -1.49. The maximum Gasteiger partial charge on any atom is 0.287 e. The number of aliphatic hydroxyl groups is 1. The molecule has 0 amide bonds. The number of nitro groups is 1. The van der Waals surface area contributed by atoms with Gasteiger partial charge in [-0.3, -0.25) is 15.1 Å². The van der Waals surface area contributed by atoms with Crippen LogP contribution in [0.15, 0.2) is 18.3 Å². The molecule has 1 N–H and O–H groups in total. The number of nitrogens with zero attached hydrogens (tertiary/aromatic N) is 2. The minimum Gasteiger partial charge on any atom is -0.390 e. The van der Waals surface area contributed by atoms with Crippen molar-refractivity contribution >= 4 is 5.69 Å². The van der Waals surface area contributed by atoms with Crippen LogP contribution in [0.3, 0.4) is 0 Å². The fraction of sp³-hybridized carbons (Fsp3) is 0.444. The lowest BCUT2D eigenvalue weighted by Gasteiger charge is -2.15. The van der Waals surface area contributed by atoms with E-state index in [9.17, 15) is 15.2 Å². The number of pyridine rings is 1. The van der Waals surface area contributed by atoms with Crippen LogP contribution in [0.5, 0.6) is 0 Å². The number of aromatic nitrogens is 1. The minimum absolute atomic E-state index is 0.0375. The molecule has 0 saturated carbocycles. The molecule has 5 heteroatoms. The molecule has 0 unspecified atom stereocenters. The van der Waals surface area contributed by atoms with Crippen molar-refractivity contribution in [1.82, 2.24) is 4.98 Å². The first-order valence-corrected chi connectivity index (χ1v) is 4.20. The summed E-state index contributed by atoms with van der Waals surface area (Å²) in [5.74, 6) is 0. The van der Waals surface area contributed by atoms with Crippen LogP contribution in [-0.4, -0.2) is 20.6 Å². The van der Waals surface area contributed by atoms with E-state index >= 15 is 0 Å². The molecular formula is C9H12N2O3. The fourth-order valence-electron chi connectivity index (χ4n) is 1.07. The molecule has 1 aromatic heterocycles. The zero-order chi connectivity index (χ0) is 10.8. The first-order valence-electron chi connectivity index (χ1n) is 4.20. The van der Waals surface area contributed by atoms with Crippen LogP contribution in [-0.2, 0) is 6.42 Å². The predicted molar refractivity (Wildman–Crippen MR) is 50.9 cm³/mol. The minimum atomic E-state index is -0.844. The van der Waals surface area contributed by atoms with E-state index in [1.165, 1.54) is 12.3 Å². The molecule has 0 spiro atoms. The van der Waals surface area contributed by atoms with Gasteiger partial charge in [-0.1, -0.05) is 0 Å². The van der Waals surface area contributed by atoms with Crippen LogP contribution in [0.1, 0.15) is 19.5 Å². The van der Waals surface area contributed by atoms with Crippen molar-refractivity contribution < 1.29 is 10.0 Å². The SMILES string of the molecule is CC(C)(O)Cc1ccc([N+](=O)[O-])cn1. The van der Waals surface area contributed by atoms with E-state index in [1.807, 2.05) is 0 Å². The third-order valence-electron chi connectivity index (χ3n) is 1.63. The average molecular weight is 196 g/mol. The van der Waals surface area contributed by atoms with Crippen LogP contribution in [0.25, 0.3) is 0 Å². The summed E-state index contributed by atoms with van der Waals surface area (Å²) in [6.07, 6.45) is 1.58. The van der Waals surface area contributed by atoms with Crippen molar-refractivity contribution in [3.05, 3.63) is 34.1 Å². The first kappa shape index (κ1) is 10.6. The monoisotopic (exact) mass is 196 g/mol. The summed E-state index contributed by atoms with van der Waals surface area (Å²) < 4.78 is 0. The van der Waals surface area contributed by atoms with Gasteiger partial charge in [-0.2, -0.15) is 0 Å². The highest BCUT2D eigenvalue weighted by atomic mass is 16.6. The van der Waals surface area contributed by atoms with Crippen molar-refractivity contribution in [2.24, 2.45) is 0 Å². The van der Waals surface area contributed by atoms with E-state index < -0.39 is 10.5 Å². The Morgan fingerprint density at radius 3 is 2.57 bits per heavy atom. The molecule has 0 atom stereocenters. The molecule has 1 heterocycles. The Morgan fingerprint density at radius 1 is 1.57 bits per heavy atom. The topological polar surface area (TPSA) is 76.3 Å². The van der Waals surface area contributed by atoms with Crippen LogP contribution < -0.4 is 0 Å². The molecule has 5 nitrogen and oxygen atoms in total. The molecule has 14 heavy (non-hydrogen) atoms. The van der Waals surface area contributed by atoms with Crippen LogP contribution in [0.4, 0.5) is 5.69 Å². The molecule has 0 fully saturated rings. The van der Waals surface area contributed by atoms with Crippen molar-refractivity contribution in [3.8, 4) is 0 Å². The van der Waals surface area contributed by atoms with Gasteiger partial charge in [-0.05, 0) is 19.9 Å². The van der Waals surface area contributed by atoms with Gasteiger partial charge in [0.25, 0.3) is 5.69 Å². The summed E-state index contributed by atoms with van der Waals surface area (Å²) in [6.45, 7) is 3.33. The van der Waals surface area contributed by atoms with Gasteiger partial charge in [-0.25, -0.2) is 0 Å². The normalized spacial score (nSPS) is 11.4. The molecule has 76 valence electrons. The molecule has 0 saturated heterocycles. The van der Waals surface area contributed by atoms with Gasteiger partial charge in [0.05, 0.1) is 10.5 Å². The van der Waals surface area contributed by atoms with Crippen molar-refractivity contribution in [2.45, 2.75) is 25.9 Å². The van der Waals surface area contributed by atoms with Gasteiger partial charge in [0, 0.05) is 18.2 Å². The highest BCUT2D eigenvalue weighted by Gasteiger charge is 2.15. The summed E-state index contributed by atoms with van der Waals surface area (Å²) in [6, 6.07) is 2.93. The smallest absolute Gasteiger partial charge is 0.287 e. The van der Waals surface area contributed by atoms with Gasteiger partial charge in [0.2, 0.25) is 0 Å². The van der Waals surface area contributed by atoms with Crippen molar-refractivity contribution in [2.75, 3.05) is 0 Å². The molecule has 0 radical (unpaired) electrons. The highest BCUT2D eigenvalue weighted by molar-refractivity contribution is 5.27. The largest absolute Gasteiger partial charge is 0.390 e. The Labute approximate surface area is 81.6 Å². The van der Waals surface area contributed by atoms with Gasteiger partial charge in [0.15, 0.2) is 0 Å². The molecule has 0 aromatic carbocycles. The summed E-state index contributed by atoms with van der Waals surface area (Å²) in [4.78, 5) is 13.7. The molecule has 0 aliphatic carbocycles. The molecule has 0 bridgehead atoms. The Morgan fingerprint density at radius 2 is 2.21 bits per heavy atom. The Kier molecular flexibility index (Phi) is 2.81. The van der Waals surface area contributed by atoms with Crippen LogP contribution >= 0.6 is 0 Å². The zero-order valence-electron chi connectivity index (χ0n) is 8.10. The second-order valence-electron chi connectivity index (χ2n) is 3.75. The second kappa shape index (κ2) is 3.71. The van der Waals surface area contributed by atoms with Crippen molar-refractivity contribution in [1.29, 1.82) is 0 Å². The third-order valence-corrected chi connectivity index (χ3v) is 1.63. The number of hydrogen-bond acceptors (Lipinski definition) is 4. The number of hydrogen-bond donors (Lipinski definition) is 1. The average Bonchev–Trinajstić information content (AvgIpc) is 2.02. The first-order chi connectivity index (χ1) is 6.38. The fourth-order valence-corrected chi connectivity index (χ4v) is 1.07. The van der Waals surface area contributed by atoms with Crippen LogP contribution in [0.2, 0.25) is 0 Å². The van der Waals surface area contributed by atoms with Gasteiger partial charge in [0.1, 0.15) is 6.20 Å². The summed E-state index contributed by atoms with van der Waals surface area (Å²) >= 11 is 0. The quantitative estimate of drug-likeness (QED) is 0.584. The summed E-state index contributed by atoms with van der Waals surface area (Å²) in [5.41, 5.74) is -0.240. The Balaban J connectivity index is 2.79. The maximum atomic E-state index is 10.3. The van der Waals surface area contributed by atoms with Crippen molar-refractivity contribution in [3.63, 3.8) is 0 Å². The van der Waals surface area contributed by atoms with Gasteiger partial charge in [-0.15, -0.1) is 0 Å². The highest BCUT2D eigenvalue weighted by Crippen LogP contribution is 2.13. The van der Waals surface area contributed by atoms with E-state index in [2.05, 4.69) is 4.98 Å². The molecule has 0 aliphatic rings. The van der Waals surface area contributed by atoms with E-state index in [0.717, 1.165) is 0 Å². The lowest BCUT2D eigenvalue weighted by molar-refractivity contribution is -0.385. The maximum absolute atomic E-state index is 10.3. The third kappa shape index (κ3) is 3.10. The molecule has 1 rings (SSSR count). The van der Waals surface area contributed by atoms with E-state index in [0.29, 0.717) is 12.1 Å². The standard InChI is InChI=1S/C9H12N2O3/c1-9(2,12)5-7-3-4-8(6-10-7)11(13)14/h3-4,6,12H,5H2,1-2H3. The van der Waals surface area contributed by atoms with Gasteiger partial charge >= 0.3 is 0 Å². The lowest BCUT2D eigenvalue weighted by atomic mass is 10.0. The molecule has 1 aromatic rings. The summed E-state index contributed by atoms with van der Waals surface area (Å²) in [5, 5.41) is 19.8. The Bertz CT molecular complexity index is 327. The second-order valence-corrected chi connectivity index (χ2v) is 3.75. The van der Waals surface area contributed by atoms with E-state index in [-0.39, 0.29) is 5.69 Å². The molecular weight excluding hydrogens is 184 g/mol. The van der Waals surface area contributed by atoms with Crippen LogP contribution in [0, 0.1) is 10.1 Å². The summed E-state index contributed by atoms with van der Waals surface area (Å²) in [7, 11) is 0. The number of rotatable bonds is 3. The predicted octanol–water partition coefficient (Wildman–Crippen LogP) is 1.30. The molecule has 0 aliphatic heterocycles. The lowest BCUT2D eigenvalue weighted by Crippen LogP contribution is -2.22. The zero-order valence-corrected chi connectivity index (χ0v) is 8.10.